The van der Waals surface area contributed by atoms with Gasteiger partial charge in [-0.3, -0.25) is 0 Å². The number of carbonyl (C=O) groups is 1. The predicted molar refractivity (Wildman–Crippen MR) is 183 cm³/mol. The molecule has 0 saturated heterocycles. The molecule has 0 unspecified atom stereocenters. The molecular weight excluding hydrogens is 692 g/mol. The molecule has 0 bridgehead atoms. The molecule has 1 aliphatic carbocycles. The van der Waals surface area contributed by atoms with Crippen molar-refractivity contribution in [3.05, 3.63) is 103 Å². The quantitative estimate of drug-likeness (QED) is 0.118. The van der Waals surface area contributed by atoms with Gasteiger partial charge in [0.05, 0.1) is 10.6 Å². The van der Waals surface area contributed by atoms with E-state index in [1.807, 2.05) is 24.3 Å². The van der Waals surface area contributed by atoms with Crippen LogP contribution in [0.25, 0.3) is 11.0 Å². The second-order valence-corrected chi connectivity index (χ2v) is 13.6. The monoisotopic (exact) mass is 726 g/mol. The fraction of sp³-hybridized carbons (Fsp3) is 0.265. The Labute approximate surface area is 291 Å². The average molecular weight is 727 g/mol. The molecule has 2 aromatic carbocycles. The summed E-state index contributed by atoms with van der Waals surface area (Å²) in [5.74, 6) is -2.21. The van der Waals surface area contributed by atoms with Gasteiger partial charge in [0.1, 0.15) is 11.6 Å². The van der Waals surface area contributed by atoms with Gasteiger partial charge >= 0.3 is 12.1 Å². The first-order valence-electron chi connectivity index (χ1n) is 15.7. The van der Waals surface area contributed by atoms with Crippen molar-refractivity contribution >= 4 is 50.2 Å². The van der Waals surface area contributed by atoms with E-state index < -0.39 is 22.2 Å². The van der Waals surface area contributed by atoms with Crippen LogP contribution in [-0.2, 0) is 21.4 Å². The summed E-state index contributed by atoms with van der Waals surface area (Å²) in [5.41, 5.74) is 3.02. The van der Waals surface area contributed by atoms with E-state index in [0.29, 0.717) is 35.7 Å². The first kappa shape index (κ1) is 37.0. The minimum Gasteiger partial charge on any atom is -0.475 e. The van der Waals surface area contributed by atoms with Crippen LogP contribution in [0.3, 0.4) is 0 Å². The smallest absolute Gasteiger partial charge is 0.475 e. The number of nitrogens with one attached hydrogen (secondary N) is 3. The number of pyridine rings is 2. The van der Waals surface area contributed by atoms with Gasteiger partial charge in [0, 0.05) is 54.8 Å². The van der Waals surface area contributed by atoms with Gasteiger partial charge in [-0.2, -0.15) is 22.5 Å². The van der Waals surface area contributed by atoms with Gasteiger partial charge in [-0.05, 0) is 105 Å². The Morgan fingerprint density at radius 1 is 0.863 bits per heavy atom. The zero-order chi connectivity index (χ0) is 36.6. The lowest BCUT2D eigenvalue weighted by molar-refractivity contribution is -0.192. The van der Waals surface area contributed by atoms with Gasteiger partial charge in [-0.1, -0.05) is 0 Å². The molecule has 268 valence electrons. The third kappa shape index (κ3) is 10.1. The summed E-state index contributed by atoms with van der Waals surface area (Å²) in [6.07, 6.45) is 1.58. The van der Waals surface area contributed by atoms with Gasteiger partial charge in [-0.15, -0.1) is 0 Å². The largest absolute Gasteiger partial charge is 0.490 e. The number of halogens is 4. The molecule has 0 amide bonds. The van der Waals surface area contributed by atoms with E-state index in [1.165, 1.54) is 16.4 Å². The van der Waals surface area contributed by atoms with E-state index in [9.17, 15) is 26.0 Å². The summed E-state index contributed by atoms with van der Waals surface area (Å²) in [7, 11) is -2.00. The van der Waals surface area contributed by atoms with Crippen molar-refractivity contribution in [2.24, 2.45) is 0 Å². The van der Waals surface area contributed by atoms with Gasteiger partial charge in [0.15, 0.2) is 5.65 Å². The van der Waals surface area contributed by atoms with E-state index in [0.717, 1.165) is 42.4 Å². The zero-order valence-electron chi connectivity index (χ0n) is 27.2. The van der Waals surface area contributed by atoms with Crippen LogP contribution in [-0.4, -0.2) is 69.0 Å². The molecule has 1 fully saturated rings. The van der Waals surface area contributed by atoms with Crippen molar-refractivity contribution < 1.29 is 35.9 Å². The number of benzene rings is 2. The van der Waals surface area contributed by atoms with Crippen molar-refractivity contribution in [1.29, 1.82) is 0 Å². The Morgan fingerprint density at radius 3 is 2.18 bits per heavy atom. The second kappa shape index (κ2) is 16.2. The first-order valence-corrected chi connectivity index (χ1v) is 17.2. The molecule has 5 aromatic rings. The normalized spacial score (nSPS) is 16.3. The van der Waals surface area contributed by atoms with Crippen LogP contribution in [0.5, 0.6) is 0 Å². The Morgan fingerprint density at radius 2 is 1.51 bits per heavy atom. The highest BCUT2D eigenvalue weighted by Gasteiger charge is 2.38. The molecule has 0 aliphatic heterocycles. The van der Waals surface area contributed by atoms with Crippen LogP contribution in [0.15, 0.2) is 96.2 Å². The number of fused-ring (bicyclic) bond motifs is 1. The number of anilines is 4. The van der Waals surface area contributed by atoms with Crippen LogP contribution in [0.1, 0.15) is 31.4 Å². The number of carboxylic acids is 1. The minimum absolute atomic E-state index is 0.0661. The fourth-order valence-corrected chi connectivity index (χ4v) is 6.77. The highest BCUT2D eigenvalue weighted by Crippen LogP contribution is 2.28. The van der Waals surface area contributed by atoms with Crippen molar-refractivity contribution in [2.45, 2.75) is 55.4 Å². The molecule has 1 saturated carbocycles. The number of nitrogens with zero attached hydrogens (tertiary/aromatic N) is 5. The molecule has 3 aromatic heterocycles. The van der Waals surface area contributed by atoms with E-state index in [1.54, 1.807) is 61.9 Å². The van der Waals surface area contributed by atoms with Crippen LogP contribution in [0.4, 0.5) is 40.7 Å². The molecule has 0 radical (unpaired) electrons. The molecule has 0 spiro atoms. The number of sulfonamides is 1. The SMILES string of the molecule is CN(C1CCC(NCc2ccc3cccnc3n2)CC1)S(=O)(=O)c1ccc(Nc2nccc(Nc3ccc(F)cc3)n2)cc1.O=C(O)C(F)(F)F. The Kier molecular flexibility index (Phi) is 11.7. The van der Waals surface area contributed by atoms with Crippen LogP contribution in [0, 0.1) is 5.82 Å². The number of hydrogen-bond donors (Lipinski definition) is 4. The lowest BCUT2D eigenvalue weighted by atomic mass is 9.91. The van der Waals surface area contributed by atoms with Crippen LogP contribution < -0.4 is 16.0 Å². The van der Waals surface area contributed by atoms with E-state index in [2.05, 4.69) is 35.9 Å². The van der Waals surface area contributed by atoms with Crippen LogP contribution >= 0.6 is 0 Å². The number of hydrogen-bond acceptors (Lipinski definition) is 10. The Hall–Kier alpha value is -5.26. The summed E-state index contributed by atoms with van der Waals surface area (Å²) in [4.78, 5) is 26.8. The number of alkyl halides is 3. The van der Waals surface area contributed by atoms with Gasteiger partial charge < -0.3 is 21.1 Å². The molecule has 3 heterocycles. The summed E-state index contributed by atoms with van der Waals surface area (Å²) in [6.45, 7) is 0.649. The standard InChI is InChI=1S/C32H33FN8O2S.C2HF3O2/c1-41(28-14-10-24(11-15-28)36-21-27-7-4-22-3-2-19-34-31(22)38-27)44(42,43)29-16-12-26(13-17-29)39-32-35-20-18-30(40-32)37-25-8-5-23(33)6-9-25;3-2(4,5)1(6)7/h2-9,12-13,16-20,24,28,36H,10-11,14-15,21H2,1H3,(H2,35,37,39,40);(H,6,7). The number of aliphatic carboxylic acids is 1. The number of carboxylic acid groups (broad SMARTS) is 1. The van der Waals surface area contributed by atoms with E-state index in [-0.39, 0.29) is 16.8 Å². The fourth-order valence-electron chi connectivity index (χ4n) is 5.35. The maximum atomic E-state index is 13.5. The van der Waals surface area contributed by atoms with E-state index >= 15 is 0 Å². The van der Waals surface area contributed by atoms with Crippen molar-refractivity contribution in [2.75, 3.05) is 17.7 Å². The van der Waals surface area contributed by atoms with Crippen molar-refractivity contribution in [3.63, 3.8) is 0 Å². The molecule has 12 nitrogen and oxygen atoms in total. The molecule has 4 N–H and O–H groups in total. The molecule has 1 aliphatic rings. The highest BCUT2D eigenvalue weighted by molar-refractivity contribution is 7.89. The number of rotatable bonds is 10. The van der Waals surface area contributed by atoms with Crippen molar-refractivity contribution in [1.82, 2.24) is 29.6 Å². The molecular formula is C34H34F4N8O4S. The van der Waals surface area contributed by atoms with E-state index in [4.69, 9.17) is 9.90 Å². The maximum Gasteiger partial charge on any atom is 0.490 e. The summed E-state index contributed by atoms with van der Waals surface area (Å²) in [5, 5.41) is 17.9. The minimum atomic E-state index is -5.08. The summed E-state index contributed by atoms with van der Waals surface area (Å²) in [6, 6.07) is 22.4. The molecule has 6 rings (SSSR count). The topological polar surface area (TPSA) is 162 Å². The third-order valence-corrected chi connectivity index (χ3v) is 10.0. The van der Waals surface area contributed by atoms with Gasteiger partial charge in [0.25, 0.3) is 0 Å². The molecule has 0 atom stereocenters. The number of aromatic nitrogens is 4. The summed E-state index contributed by atoms with van der Waals surface area (Å²) >= 11 is 0. The zero-order valence-corrected chi connectivity index (χ0v) is 28.0. The highest BCUT2D eigenvalue weighted by atomic mass is 32.2. The van der Waals surface area contributed by atoms with Gasteiger partial charge in [0.2, 0.25) is 16.0 Å². The first-order chi connectivity index (χ1) is 24.3. The maximum absolute atomic E-state index is 13.5. The Balaban J connectivity index is 0.000000654. The molecule has 17 heteroatoms. The Bertz CT molecular complexity index is 2050. The van der Waals surface area contributed by atoms with Crippen molar-refractivity contribution in [3.8, 4) is 0 Å². The van der Waals surface area contributed by atoms with Gasteiger partial charge in [-0.25, -0.2) is 32.6 Å². The molecule has 51 heavy (non-hydrogen) atoms. The second-order valence-electron chi connectivity index (χ2n) is 11.6. The summed E-state index contributed by atoms with van der Waals surface area (Å²) < 4.78 is 73.4. The third-order valence-electron chi connectivity index (χ3n) is 8.11. The van der Waals surface area contributed by atoms with Crippen LogP contribution in [0.2, 0.25) is 0 Å². The predicted octanol–water partition coefficient (Wildman–Crippen LogP) is 6.40. The average Bonchev–Trinajstić information content (AvgIpc) is 3.12. The lowest BCUT2D eigenvalue weighted by Crippen LogP contribution is -2.43. The lowest BCUT2D eigenvalue weighted by Gasteiger charge is -2.34.